The van der Waals surface area contributed by atoms with Crippen LogP contribution in [0.2, 0.25) is 0 Å². The maximum absolute atomic E-state index is 10.8. The van der Waals surface area contributed by atoms with E-state index in [2.05, 4.69) is 4.98 Å². The number of aromatic nitrogens is 1. The first-order valence-corrected chi connectivity index (χ1v) is 4.90. The maximum Gasteiger partial charge on any atom is 0.323 e. The number of aliphatic carboxylic acids is 1. The molecule has 0 aliphatic rings. The van der Waals surface area contributed by atoms with Crippen LogP contribution in [0.1, 0.15) is 5.56 Å². The molecule has 0 spiro atoms. The van der Waals surface area contributed by atoms with Crippen LogP contribution in [0.4, 0.5) is 0 Å². The fourth-order valence-corrected chi connectivity index (χ4v) is 1.71. The summed E-state index contributed by atoms with van der Waals surface area (Å²) in [6.07, 6.45) is 1.99. The number of benzene rings is 1. The zero-order chi connectivity index (χ0) is 11.5. The first kappa shape index (κ1) is 10.7. The zero-order valence-corrected chi connectivity index (χ0v) is 8.47. The SMILES string of the molecule is O=C(O)[C@H](Cc1c[nH]c2ccccc12)NO. The average molecular weight is 220 g/mol. The van der Waals surface area contributed by atoms with Gasteiger partial charge in [0.15, 0.2) is 0 Å². The standard InChI is InChI=1S/C11H12N2O3/c14-11(15)10(13-16)5-7-6-12-9-4-2-1-3-8(7)9/h1-4,6,10,12-13,16H,5H2,(H,14,15)/t10-/m0/s1. The van der Waals surface area contributed by atoms with Crippen molar-refractivity contribution in [3.8, 4) is 0 Å². The molecule has 0 bridgehead atoms. The summed E-state index contributed by atoms with van der Waals surface area (Å²) in [5.41, 5.74) is 3.61. The van der Waals surface area contributed by atoms with E-state index >= 15 is 0 Å². The Balaban J connectivity index is 2.30. The monoisotopic (exact) mass is 220 g/mol. The van der Waals surface area contributed by atoms with Gasteiger partial charge in [-0.05, 0) is 11.6 Å². The van der Waals surface area contributed by atoms with E-state index in [4.69, 9.17) is 10.3 Å². The van der Waals surface area contributed by atoms with Gasteiger partial charge in [0.25, 0.3) is 0 Å². The Labute approximate surface area is 91.7 Å². The van der Waals surface area contributed by atoms with Crippen LogP contribution < -0.4 is 5.48 Å². The van der Waals surface area contributed by atoms with E-state index in [1.54, 1.807) is 11.7 Å². The number of hydrogen-bond acceptors (Lipinski definition) is 3. The van der Waals surface area contributed by atoms with Crippen LogP contribution in [0.15, 0.2) is 30.5 Å². The van der Waals surface area contributed by atoms with Crippen LogP contribution in [0.3, 0.4) is 0 Å². The molecule has 0 aliphatic heterocycles. The number of H-pyrrole nitrogens is 1. The van der Waals surface area contributed by atoms with Crippen molar-refractivity contribution in [3.63, 3.8) is 0 Å². The number of fused-ring (bicyclic) bond motifs is 1. The van der Waals surface area contributed by atoms with Crippen LogP contribution in [0.5, 0.6) is 0 Å². The van der Waals surface area contributed by atoms with E-state index in [1.807, 2.05) is 24.3 Å². The molecular formula is C11H12N2O3. The summed E-state index contributed by atoms with van der Waals surface area (Å²) in [5, 5.41) is 18.5. The predicted octanol–water partition coefficient (Wildman–Crippen LogP) is 1.14. The van der Waals surface area contributed by atoms with E-state index in [1.165, 1.54) is 0 Å². The molecule has 2 rings (SSSR count). The molecule has 16 heavy (non-hydrogen) atoms. The van der Waals surface area contributed by atoms with Crippen molar-refractivity contribution < 1.29 is 15.1 Å². The molecule has 84 valence electrons. The highest BCUT2D eigenvalue weighted by Crippen LogP contribution is 2.18. The Morgan fingerprint density at radius 2 is 2.19 bits per heavy atom. The van der Waals surface area contributed by atoms with Gasteiger partial charge in [0, 0.05) is 23.5 Å². The molecule has 4 N–H and O–H groups in total. The molecule has 0 radical (unpaired) electrons. The first-order chi connectivity index (χ1) is 7.72. The number of para-hydroxylation sites is 1. The number of hydrogen-bond donors (Lipinski definition) is 4. The van der Waals surface area contributed by atoms with Gasteiger partial charge in [-0.15, -0.1) is 0 Å². The second-order valence-corrected chi connectivity index (χ2v) is 3.58. The van der Waals surface area contributed by atoms with E-state index in [0.717, 1.165) is 16.5 Å². The van der Waals surface area contributed by atoms with Crippen molar-refractivity contribution in [3.05, 3.63) is 36.0 Å². The lowest BCUT2D eigenvalue weighted by Gasteiger charge is -2.08. The molecule has 0 saturated carbocycles. The highest BCUT2D eigenvalue weighted by Gasteiger charge is 2.18. The molecule has 0 saturated heterocycles. The molecule has 1 heterocycles. The molecule has 1 aromatic heterocycles. The van der Waals surface area contributed by atoms with Crippen molar-refractivity contribution in [1.82, 2.24) is 10.5 Å². The molecule has 0 aliphatic carbocycles. The van der Waals surface area contributed by atoms with Gasteiger partial charge in [0.1, 0.15) is 6.04 Å². The largest absolute Gasteiger partial charge is 0.480 e. The van der Waals surface area contributed by atoms with Crippen LogP contribution in [0.25, 0.3) is 10.9 Å². The van der Waals surface area contributed by atoms with Gasteiger partial charge in [-0.3, -0.25) is 4.79 Å². The van der Waals surface area contributed by atoms with Gasteiger partial charge in [-0.2, -0.15) is 5.48 Å². The fourth-order valence-electron chi connectivity index (χ4n) is 1.71. The van der Waals surface area contributed by atoms with Crippen molar-refractivity contribution in [2.45, 2.75) is 12.5 Å². The Hall–Kier alpha value is -1.85. The Morgan fingerprint density at radius 3 is 2.88 bits per heavy atom. The average Bonchev–Trinajstić information content (AvgIpc) is 2.69. The minimum Gasteiger partial charge on any atom is -0.480 e. The number of carbonyl (C=O) groups is 1. The quantitative estimate of drug-likeness (QED) is 0.582. The van der Waals surface area contributed by atoms with Crippen LogP contribution >= 0.6 is 0 Å². The molecule has 1 aromatic carbocycles. The van der Waals surface area contributed by atoms with Gasteiger partial charge < -0.3 is 15.3 Å². The van der Waals surface area contributed by atoms with Crippen molar-refractivity contribution in [2.75, 3.05) is 0 Å². The second kappa shape index (κ2) is 4.34. The minimum absolute atomic E-state index is 0.232. The number of hydroxylamine groups is 1. The molecule has 5 heteroatoms. The number of rotatable bonds is 4. The summed E-state index contributed by atoms with van der Waals surface area (Å²) in [7, 11) is 0. The van der Waals surface area contributed by atoms with Crippen molar-refractivity contribution >= 4 is 16.9 Å². The Bertz CT molecular complexity index is 507. The van der Waals surface area contributed by atoms with Crippen LogP contribution in [-0.2, 0) is 11.2 Å². The lowest BCUT2D eigenvalue weighted by Crippen LogP contribution is -2.36. The van der Waals surface area contributed by atoms with Gasteiger partial charge in [0.2, 0.25) is 0 Å². The van der Waals surface area contributed by atoms with Gasteiger partial charge in [0.05, 0.1) is 0 Å². The minimum atomic E-state index is -1.08. The second-order valence-electron chi connectivity index (χ2n) is 3.58. The third-order valence-electron chi connectivity index (χ3n) is 2.55. The van der Waals surface area contributed by atoms with Gasteiger partial charge >= 0.3 is 5.97 Å². The number of aromatic amines is 1. The van der Waals surface area contributed by atoms with E-state index in [9.17, 15) is 4.79 Å². The molecule has 0 amide bonds. The smallest absolute Gasteiger partial charge is 0.323 e. The van der Waals surface area contributed by atoms with Crippen molar-refractivity contribution in [1.29, 1.82) is 0 Å². The van der Waals surface area contributed by atoms with E-state index < -0.39 is 12.0 Å². The van der Waals surface area contributed by atoms with E-state index in [-0.39, 0.29) is 6.42 Å². The lowest BCUT2D eigenvalue weighted by molar-refractivity contribution is -0.142. The topological polar surface area (TPSA) is 85.3 Å². The third-order valence-corrected chi connectivity index (χ3v) is 2.55. The summed E-state index contributed by atoms with van der Waals surface area (Å²) in [6, 6.07) is 6.64. The summed E-state index contributed by atoms with van der Waals surface area (Å²) in [5.74, 6) is -1.08. The Morgan fingerprint density at radius 1 is 1.44 bits per heavy atom. The third kappa shape index (κ3) is 1.91. The molecule has 0 fully saturated rings. The zero-order valence-electron chi connectivity index (χ0n) is 8.47. The van der Waals surface area contributed by atoms with E-state index in [0.29, 0.717) is 0 Å². The summed E-state index contributed by atoms with van der Waals surface area (Å²) < 4.78 is 0. The fraction of sp³-hybridized carbons (Fsp3) is 0.182. The molecule has 5 nitrogen and oxygen atoms in total. The van der Waals surface area contributed by atoms with Gasteiger partial charge in [-0.1, -0.05) is 18.2 Å². The highest BCUT2D eigenvalue weighted by molar-refractivity contribution is 5.84. The Kier molecular flexibility index (Phi) is 2.89. The molecule has 2 aromatic rings. The normalized spacial score (nSPS) is 12.8. The molecule has 1 atom stereocenters. The molecule has 0 unspecified atom stereocenters. The predicted molar refractivity (Wildman–Crippen MR) is 58.3 cm³/mol. The first-order valence-electron chi connectivity index (χ1n) is 4.90. The molecular weight excluding hydrogens is 208 g/mol. The maximum atomic E-state index is 10.8. The number of nitrogens with one attached hydrogen (secondary N) is 2. The number of carboxylic acid groups (broad SMARTS) is 1. The lowest BCUT2D eigenvalue weighted by atomic mass is 10.1. The number of carboxylic acids is 1. The van der Waals surface area contributed by atoms with Crippen LogP contribution in [-0.4, -0.2) is 27.3 Å². The van der Waals surface area contributed by atoms with Crippen LogP contribution in [0, 0.1) is 0 Å². The highest BCUT2D eigenvalue weighted by atomic mass is 16.5. The summed E-state index contributed by atoms with van der Waals surface area (Å²) in [6.45, 7) is 0. The van der Waals surface area contributed by atoms with Gasteiger partial charge in [-0.25, -0.2) is 0 Å². The van der Waals surface area contributed by atoms with Crippen molar-refractivity contribution in [2.24, 2.45) is 0 Å². The summed E-state index contributed by atoms with van der Waals surface area (Å²) in [4.78, 5) is 13.8. The summed E-state index contributed by atoms with van der Waals surface area (Å²) >= 11 is 0.